The second-order valence-corrected chi connectivity index (χ2v) is 8.92. The van der Waals surface area contributed by atoms with Crippen LogP contribution in [0.3, 0.4) is 0 Å². The van der Waals surface area contributed by atoms with E-state index in [0.717, 1.165) is 17.4 Å². The molecule has 0 unspecified atom stereocenters. The summed E-state index contributed by atoms with van der Waals surface area (Å²) in [4.78, 5) is 12.8. The number of nitrogens with zero attached hydrogens (tertiary/aromatic N) is 1. The summed E-state index contributed by atoms with van der Waals surface area (Å²) in [6.45, 7) is 0. The number of amides is 1. The molecule has 3 aromatic rings. The molecule has 0 heterocycles. The summed E-state index contributed by atoms with van der Waals surface area (Å²) in [5, 5.41) is 2.90. The van der Waals surface area contributed by atoms with E-state index in [1.165, 1.54) is 11.4 Å². The van der Waals surface area contributed by atoms with Crippen molar-refractivity contribution in [3.05, 3.63) is 96.1 Å². The van der Waals surface area contributed by atoms with Gasteiger partial charge in [-0.3, -0.25) is 9.10 Å². The van der Waals surface area contributed by atoms with Crippen LogP contribution in [0.5, 0.6) is 0 Å². The molecule has 0 saturated heterocycles. The van der Waals surface area contributed by atoms with E-state index in [4.69, 9.17) is 0 Å². The Bertz CT molecular complexity index is 1030. The van der Waals surface area contributed by atoms with E-state index in [0.29, 0.717) is 11.4 Å². The Kier molecular flexibility index (Phi) is 6.34. The highest BCUT2D eigenvalue weighted by atomic mass is 32.2. The third-order valence-electron chi connectivity index (χ3n) is 4.78. The second-order valence-electron chi connectivity index (χ2n) is 6.91. The van der Waals surface area contributed by atoms with Crippen LogP contribution < -0.4 is 9.62 Å². The van der Waals surface area contributed by atoms with E-state index < -0.39 is 10.0 Å². The molecule has 0 radical (unpaired) electrons. The van der Waals surface area contributed by atoms with Crippen LogP contribution in [0.25, 0.3) is 0 Å². The molecule has 3 rings (SSSR count). The molecule has 0 saturated carbocycles. The van der Waals surface area contributed by atoms with E-state index >= 15 is 0 Å². The molecule has 1 amide bonds. The summed E-state index contributed by atoms with van der Waals surface area (Å²) in [6, 6.07) is 26.7. The zero-order chi connectivity index (χ0) is 20.9. The first-order valence-electron chi connectivity index (χ1n) is 9.28. The molecular formula is C23H24N2O3S. The molecule has 0 atom stereocenters. The van der Waals surface area contributed by atoms with Gasteiger partial charge in [0.15, 0.2) is 0 Å². The summed E-state index contributed by atoms with van der Waals surface area (Å²) in [6.07, 6.45) is 1.42. The lowest BCUT2D eigenvalue weighted by Crippen LogP contribution is -2.25. The fourth-order valence-corrected chi connectivity index (χ4v) is 3.66. The number of hydrogen-bond acceptors (Lipinski definition) is 3. The van der Waals surface area contributed by atoms with Crippen LogP contribution in [-0.4, -0.2) is 27.6 Å². The highest BCUT2D eigenvalue weighted by molar-refractivity contribution is 7.92. The molecule has 1 N–H and O–H groups in total. The standard InChI is InChI=1S/C23H24N2O3S/c1-25(29(2,27)28)21-15-9-14-20(16-21)24-23(26)17-22(18-10-5-3-6-11-18)19-12-7-4-8-13-19/h3-16,22H,17H2,1-2H3,(H,24,26). The van der Waals surface area contributed by atoms with Crippen molar-refractivity contribution in [1.82, 2.24) is 0 Å². The van der Waals surface area contributed by atoms with Crippen LogP contribution in [0.2, 0.25) is 0 Å². The SMILES string of the molecule is CN(c1cccc(NC(=O)CC(c2ccccc2)c2ccccc2)c1)S(C)(=O)=O. The van der Waals surface area contributed by atoms with E-state index in [1.807, 2.05) is 60.7 Å². The Morgan fingerprint density at radius 2 is 1.45 bits per heavy atom. The molecule has 5 nitrogen and oxygen atoms in total. The normalized spacial score (nSPS) is 11.3. The Labute approximate surface area is 172 Å². The largest absolute Gasteiger partial charge is 0.326 e. The topological polar surface area (TPSA) is 66.5 Å². The minimum absolute atomic E-state index is 0.0701. The van der Waals surface area contributed by atoms with E-state index in [9.17, 15) is 13.2 Å². The van der Waals surface area contributed by atoms with Gasteiger partial charge in [-0.25, -0.2) is 8.42 Å². The number of carbonyl (C=O) groups is 1. The van der Waals surface area contributed by atoms with Crippen LogP contribution in [0.15, 0.2) is 84.9 Å². The molecular weight excluding hydrogens is 384 g/mol. The van der Waals surface area contributed by atoms with Crippen molar-refractivity contribution in [2.75, 3.05) is 22.9 Å². The Hall–Kier alpha value is -3.12. The molecule has 0 spiro atoms. The molecule has 6 heteroatoms. The van der Waals surface area contributed by atoms with Crippen LogP contribution in [0.1, 0.15) is 23.5 Å². The maximum absolute atomic E-state index is 12.8. The summed E-state index contributed by atoms with van der Waals surface area (Å²) < 4.78 is 24.7. The Balaban J connectivity index is 1.79. The van der Waals surface area contributed by atoms with Gasteiger partial charge in [0, 0.05) is 25.1 Å². The predicted molar refractivity (Wildman–Crippen MR) is 118 cm³/mol. The average Bonchev–Trinajstić information content (AvgIpc) is 2.72. The fourth-order valence-electron chi connectivity index (χ4n) is 3.17. The van der Waals surface area contributed by atoms with Crippen molar-refractivity contribution in [1.29, 1.82) is 0 Å². The van der Waals surface area contributed by atoms with Gasteiger partial charge in [0.25, 0.3) is 0 Å². The van der Waals surface area contributed by atoms with E-state index in [2.05, 4.69) is 5.32 Å². The van der Waals surface area contributed by atoms with Gasteiger partial charge < -0.3 is 5.32 Å². The molecule has 0 aromatic heterocycles. The van der Waals surface area contributed by atoms with Crippen molar-refractivity contribution < 1.29 is 13.2 Å². The predicted octanol–water partition coefficient (Wildman–Crippen LogP) is 4.24. The molecule has 0 bridgehead atoms. The molecule has 150 valence electrons. The lowest BCUT2D eigenvalue weighted by Gasteiger charge is -2.19. The van der Waals surface area contributed by atoms with Gasteiger partial charge in [0.1, 0.15) is 0 Å². The van der Waals surface area contributed by atoms with E-state index in [-0.39, 0.29) is 18.2 Å². The lowest BCUT2D eigenvalue weighted by atomic mass is 9.88. The van der Waals surface area contributed by atoms with Gasteiger partial charge in [0.05, 0.1) is 11.9 Å². The fraction of sp³-hybridized carbons (Fsp3) is 0.174. The van der Waals surface area contributed by atoms with Gasteiger partial charge in [-0.1, -0.05) is 66.7 Å². The third kappa shape index (κ3) is 5.45. The van der Waals surface area contributed by atoms with Crippen LogP contribution in [0, 0.1) is 0 Å². The van der Waals surface area contributed by atoms with Crippen LogP contribution in [0.4, 0.5) is 11.4 Å². The van der Waals surface area contributed by atoms with Gasteiger partial charge in [0.2, 0.25) is 15.9 Å². The maximum Gasteiger partial charge on any atom is 0.231 e. The average molecular weight is 409 g/mol. The van der Waals surface area contributed by atoms with Crippen molar-refractivity contribution in [2.24, 2.45) is 0 Å². The van der Waals surface area contributed by atoms with Gasteiger partial charge in [-0.05, 0) is 29.3 Å². The molecule has 0 aliphatic carbocycles. The van der Waals surface area contributed by atoms with Crippen LogP contribution in [-0.2, 0) is 14.8 Å². The number of nitrogens with one attached hydrogen (secondary N) is 1. The van der Waals surface area contributed by atoms with Crippen molar-refractivity contribution in [2.45, 2.75) is 12.3 Å². The number of hydrogen-bond donors (Lipinski definition) is 1. The number of sulfonamides is 1. The summed E-state index contributed by atoms with van der Waals surface area (Å²) in [5.74, 6) is -0.207. The summed E-state index contributed by atoms with van der Waals surface area (Å²) in [5.41, 5.74) is 3.19. The first-order chi connectivity index (χ1) is 13.8. The summed E-state index contributed by atoms with van der Waals surface area (Å²) in [7, 11) is -1.89. The zero-order valence-corrected chi connectivity index (χ0v) is 17.3. The molecule has 0 aliphatic heterocycles. The zero-order valence-electron chi connectivity index (χ0n) is 16.4. The minimum atomic E-state index is -3.37. The second kappa shape index (κ2) is 8.92. The minimum Gasteiger partial charge on any atom is -0.326 e. The molecule has 0 fully saturated rings. The number of carbonyl (C=O) groups excluding carboxylic acids is 1. The molecule has 29 heavy (non-hydrogen) atoms. The van der Waals surface area contributed by atoms with Gasteiger partial charge in [-0.15, -0.1) is 0 Å². The maximum atomic E-state index is 12.8. The summed E-state index contributed by atoms with van der Waals surface area (Å²) >= 11 is 0. The molecule has 0 aliphatic rings. The lowest BCUT2D eigenvalue weighted by molar-refractivity contribution is -0.116. The Morgan fingerprint density at radius 1 is 0.897 bits per heavy atom. The van der Waals surface area contributed by atoms with E-state index in [1.54, 1.807) is 24.3 Å². The highest BCUT2D eigenvalue weighted by Crippen LogP contribution is 2.28. The molecule has 3 aromatic carbocycles. The first kappa shape index (κ1) is 20.6. The highest BCUT2D eigenvalue weighted by Gasteiger charge is 2.19. The number of benzene rings is 3. The monoisotopic (exact) mass is 408 g/mol. The smallest absolute Gasteiger partial charge is 0.231 e. The van der Waals surface area contributed by atoms with Gasteiger partial charge in [-0.2, -0.15) is 0 Å². The Morgan fingerprint density at radius 3 is 1.97 bits per heavy atom. The third-order valence-corrected chi connectivity index (χ3v) is 5.99. The van der Waals surface area contributed by atoms with Gasteiger partial charge >= 0.3 is 0 Å². The number of anilines is 2. The van der Waals surface area contributed by atoms with Crippen LogP contribution >= 0.6 is 0 Å². The van der Waals surface area contributed by atoms with Crippen molar-refractivity contribution in [3.8, 4) is 0 Å². The first-order valence-corrected chi connectivity index (χ1v) is 11.1. The quantitative estimate of drug-likeness (QED) is 0.636. The van der Waals surface area contributed by atoms with Crippen molar-refractivity contribution >= 4 is 27.3 Å². The number of rotatable bonds is 7. The van der Waals surface area contributed by atoms with Crippen molar-refractivity contribution in [3.63, 3.8) is 0 Å².